The van der Waals surface area contributed by atoms with Crippen molar-refractivity contribution in [3.8, 4) is 5.75 Å². The molecule has 1 aromatic rings. The second-order valence-electron chi connectivity index (χ2n) is 9.32. The summed E-state index contributed by atoms with van der Waals surface area (Å²) in [5, 5.41) is 0. The average Bonchev–Trinajstić information content (AvgIpc) is 3.07. The van der Waals surface area contributed by atoms with E-state index in [1.807, 2.05) is 43.0 Å². The number of hydrogen-bond acceptors (Lipinski definition) is 5. The van der Waals surface area contributed by atoms with E-state index in [4.69, 9.17) is 9.47 Å². The van der Waals surface area contributed by atoms with E-state index in [-0.39, 0.29) is 29.8 Å². The summed E-state index contributed by atoms with van der Waals surface area (Å²) in [6.07, 6.45) is 3.74. The van der Waals surface area contributed by atoms with Crippen LogP contribution in [0.1, 0.15) is 65.0 Å². The third-order valence-corrected chi connectivity index (χ3v) is 6.98. The zero-order chi connectivity index (χ0) is 22.8. The highest BCUT2D eigenvalue weighted by Crippen LogP contribution is 2.46. The summed E-state index contributed by atoms with van der Waals surface area (Å²) in [5.41, 5.74) is 1.50. The van der Waals surface area contributed by atoms with Gasteiger partial charge in [0.2, 0.25) is 0 Å². The van der Waals surface area contributed by atoms with Gasteiger partial charge in [-0.25, -0.2) is 0 Å². The quantitative estimate of drug-likeness (QED) is 0.609. The van der Waals surface area contributed by atoms with E-state index in [0.29, 0.717) is 17.9 Å². The maximum Gasteiger partial charge on any atom is 0.290 e. The number of carbonyl (C=O) groups excluding carboxylic acids is 2. The fourth-order valence-electron chi connectivity index (χ4n) is 5.26. The van der Waals surface area contributed by atoms with Crippen LogP contribution in [0.4, 0.5) is 0 Å². The molecule has 0 radical (unpaired) electrons. The minimum atomic E-state index is -0.392. The molecule has 32 heavy (non-hydrogen) atoms. The van der Waals surface area contributed by atoms with Gasteiger partial charge < -0.3 is 19.3 Å². The van der Waals surface area contributed by atoms with Gasteiger partial charge in [0.05, 0.1) is 23.6 Å². The Labute approximate surface area is 191 Å². The Kier molecular flexibility index (Phi) is 6.89. The van der Waals surface area contributed by atoms with E-state index in [0.717, 1.165) is 56.6 Å². The lowest BCUT2D eigenvalue weighted by atomic mass is 9.77. The van der Waals surface area contributed by atoms with Crippen molar-refractivity contribution < 1.29 is 19.1 Å². The van der Waals surface area contributed by atoms with E-state index < -0.39 is 6.04 Å². The molecule has 0 aromatic heterocycles. The number of amides is 1. The van der Waals surface area contributed by atoms with Crippen molar-refractivity contribution in [3.63, 3.8) is 0 Å². The Morgan fingerprint density at radius 1 is 1.09 bits per heavy atom. The third-order valence-electron chi connectivity index (χ3n) is 6.98. The molecule has 174 valence electrons. The Morgan fingerprint density at radius 3 is 2.44 bits per heavy atom. The van der Waals surface area contributed by atoms with Crippen LogP contribution in [0.15, 0.2) is 35.6 Å². The molecule has 2 heterocycles. The normalized spacial score (nSPS) is 25.3. The number of nitrogens with zero attached hydrogens (tertiary/aromatic N) is 2. The van der Waals surface area contributed by atoms with Gasteiger partial charge in [0, 0.05) is 13.1 Å². The number of ether oxygens (including phenoxy) is 2. The summed E-state index contributed by atoms with van der Waals surface area (Å²) in [6, 6.07) is 7.43. The smallest absolute Gasteiger partial charge is 0.290 e. The van der Waals surface area contributed by atoms with Crippen LogP contribution in [0, 0.1) is 5.92 Å². The lowest BCUT2D eigenvalue weighted by Gasteiger charge is -2.35. The average molecular weight is 441 g/mol. The Balaban J connectivity index is 1.68. The van der Waals surface area contributed by atoms with Gasteiger partial charge in [-0.2, -0.15) is 0 Å². The molecular weight excluding hydrogens is 404 g/mol. The fraction of sp³-hybridized carbons (Fsp3) is 0.615. The van der Waals surface area contributed by atoms with Crippen LogP contribution >= 0.6 is 0 Å². The molecule has 1 fully saturated rings. The van der Waals surface area contributed by atoms with Gasteiger partial charge in [-0.3, -0.25) is 9.59 Å². The summed E-state index contributed by atoms with van der Waals surface area (Å²) in [7, 11) is 0. The van der Waals surface area contributed by atoms with E-state index in [1.165, 1.54) is 0 Å². The third kappa shape index (κ3) is 4.29. The van der Waals surface area contributed by atoms with Crippen molar-refractivity contribution in [2.24, 2.45) is 5.92 Å². The molecule has 3 atom stereocenters. The second-order valence-corrected chi connectivity index (χ2v) is 9.32. The van der Waals surface area contributed by atoms with Crippen molar-refractivity contribution >= 4 is 11.7 Å². The maximum atomic E-state index is 13.6. The SMILES string of the molecule is CCN(CC)CCN1C(=O)C2=C(C(=O)C3CCCCC3O2)C1c1ccc(OC(C)C)cc1. The molecule has 0 bridgehead atoms. The van der Waals surface area contributed by atoms with Crippen molar-refractivity contribution in [2.45, 2.75) is 71.6 Å². The van der Waals surface area contributed by atoms with Gasteiger partial charge in [-0.1, -0.05) is 32.4 Å². The molecule has 4 rings (SSSR count). The zero-order valence-corrected chi connectivity index (χ0v) is 19.8. The standard InChI is InChI=1S/C26H36N2O4/c1-5-27(6-2)15-16-28-23(18-11-13-19(14-12-18)31-17(3)4)22-24(29)20-9-7-8-10-21(20)32-25(22)26(28)30/h11-14,17,20-21,23H,5-10,15-16H2,1-4H3. The number of carbonyl (C=O) groups is 2. The first-order valence-corrected chi connectivity index (χ1v) is 12.2. The number of rotatable bonds is 8. The largest absolute Gasteiger partial charge is 0.491 e. The van der Waals surface area contributed by atoms with Gasteiger partial charge >= 0.3 is 0 Å². The van der Waals surface area contributed by atoms with E-state index in [1.54, 1.807) is 0 Å². The number of ketones is 1. The molecule has 0 saturated heterocycles. The van der Waals surface area contributed by atoms with Gasteiger partial charge in [0.25, 0.3) is 5.91 Å². The molecule has 3 unspecified atom stereocenters. The minimum absolute atomic E-state index is 0.0883. The van der Waals surface area contributed by atoms with E-state index in [2.05, 4.69) is 18.7 Å². The van der Waals surface area contributed by atoms with Crippen LogP contribution in [0.3, 0.4) is 0 Å². The highest BCUT2D eigenvalue weighted by Gasteiger charge is 2.51. The summed E-state index contributed by atoms with van der Waals surface area (Å²) in [6.45, 7) is 11.4. The topological polar surface area (TPSA) is 59.1 Å². The van der Waals surface area contributed by atoms with Gasteiger partial charge in [-0.05, 0) is 63.9 Å². The van der Waals surface area contributed by atoms with Crippen LogP contribution in [-0.4, -0.2) is 59.9 Å². The predicted molar refractivity (Wildman–Crippen MR) is 123 cm³/mol. The first kappa shape index (κ1) is 22.8. The van der Waals surface area contributed by atoms with Crippen molar-refractivity contribution in [2.75, 3.05) is 26.2 Å². The monoisotopic (exact) mass is 440 g/mol. The molecule has 1 amide bonds. The first-order valence-electron chi connectivity index (χ1n) is 12.2. The lowest BCUT2D eigenvalue weighted by molar-refractivity contribution is -0.135. The molecule has 6 heteroatoms. The maximum absolute atomic E-state index is 13.6. The fourth-order valence-corrected chi connectivity index (χ4v) is 5.26. The van der Waals surface area contributed by atoms with E-state index >= 15 is 0 Å². The van der Waals surface area contributed by atoms with Gasteiger partial charge in [-0.15, -0.1) is 0 Å². The number of benzene rings is 1. The molecule has 6 nitrogen and oxygen atoms in total. The summed E-state index contributed by atoms with van der Waals surface area (Å²) in [5.74, 6) is 0.934. The highest BCUT2D eigenvalue weighted by atomic mass is 16.5. The zero-order valence-electron chi connectivity index (χ0n) is 19.8. The molecule has 2 aliphatic heterocycles. The second kappa shape index (κ2) is 9.65. The van der Waals surface area contributed by atoms with Crippen LogP contribution in [-0.2, 0) is 14.3 Å². The molecular formula is C26H36N2O4. The van der Waals surface area contributed by atoms with Crippen molar-refractivity contribution in [3.05, 3.63) is 41.2 Å². The summed E-state index contributed by atoms with van der Waals surface area (Å²) < 4.78 is 12.0. The minimum Gasteiger partial charge on any atom is -0.491 e. The Morgan fingerprint density at radius 2 is 1.78 bits per heavy atom. The summed E-state index contributed by atoms with van der Waals surface area (Å²) in [4.78, 5) is 31.3. The molecule has 3 aliphatic rings. The molecule has 0 N–H and O–H groups in total. The van der Waals surface area contributed by atoms with Crippen LogP contribution in [0.25, 0.3) is 0 Å². The predicted octanol–water partition coefficient (Wildman–Crippen LogP) is 4.11. The van der Waals surface area contributed by atoms with Crippen molar-refractivity contribution in [1.29, 1.82) is 0 Å². The van der Waals surface area contributed by atoms with Gasteiger partial charge in [0.1, 0.15) is 11.9 Å². The number of fused-ring (bicyclic) bond motifs is 1. The molecule has 1 aromatic carbocycles. The number of Topliss-reactive ketones (excluding diaryl/α,β-unsaturated/α-hetero) is 1. The van der Waals surface area contributed by atoms with Crippen LogP contribution < -0.4 is 4.74 Å². The number of likely N-dealkylation sites (N-methyl/N-ethyl adjacent to an activating group) is 1. The van der Waals surface area contributed by atoms with Gasteiger partial charge in [0.15, 0.2) is 11.5 Å². The first-order chi connectivity index (χ1) is 15.4. The van der Waals surface area contributed by atoms with Crippen LogP contribution in [0.5, 0.6) is 5.75 Å². The van der Waals surface area contributed by atoms with Crippen LogP contribution in [0.2, 0.25) is 0 Å². The Bertz CT molecular complexity index is 872. The highest BCUT2D eigenvalue weighted by molar-refractivity contribution is 6.11. The Hall–Kier alpha value is -2.34. The number of hydrogen-bond donors (Lipinski definition) is 0. The molecule has 1 saturated carbocycles. The lowest BCUT2D eigenvalue weighted by Crippen LogP contribution is -2.39. The molecule has 1 aliphatic carbocycles. The van der Waals surface area contributed by atoms with Crippen molar-refractivity contribution in [1.82, 2.24) is 9.80 Å². The van der Waals surface area contributed by atoms with E-state index in [9.17, 15) is 9.59 Å². The molecule has 0 spiro atoms. The summed E-state index contributed by atoms with van der Waals surface area (Å²) >= 11 is 0.